The number of nitrogens with zero attached hydrogens (tertiary/aromatic N) is 1. The Morgan fingerprint density at radius 3 is 2.28 bits per heavy atom. The summed E-state index contributed by atoms with van der Waals surface area (Å²) in [5, 5.41) is 0. The number of halogens is 4. The molecule has 3 nitrogen and oxygen atoms in total. The first-order valence-electron chi connectivity index (χ1n) is 9.61. The average Bonchev–Trinajstić information content (AvgIpc) is 2.67. The van der Waals surface area contributed by atoms with Gasteiger partial charge in [0.15, 0.2) is 5.78 Å². The molecule has 2 unspecified atom stereocenters. The highest BCUT2D eigenvalue weighted by Gasteiger charge is 2.42. The third kappa shape index (κ3) is 4.21. The molecular formula is C22H21F4NO2. The zero-order chi connectivity index (χ0) is 20.6. The zero-order valence-corrected chi connectivity index (χ0v) is 15.7. The van der Waals surface area contributed by atoms with Crippen LogP contribution in [-0.4, -0.2) is 36.0 Å². The van der Waals surface area contributed by atoms with Crippen LogP contribution in [0, 0.1) is 11.7 Å². The minimum atomic E-state index is -4.64. The second-order valence-corrected chi connectivity index (χ2v) is 7.73. The van der Waals surface area contributed by atoms with Crippen LogP contribution in [0.15, 0.2) is 48.5 Å². The highest BCUT2D eigenvalue weighted by atomic mass is 19.4. The van der Waals surface area contributed by atoms with Crippen LogP contribution in [0.3, 0.4) is 0 Å². The molecule has 2 atom stereocenters. The molecule has 0 aromatic heterocycles. The number of alkyl halides is 3. The highest BCUT2D eigenvalue weighted by molar-refractivity contribution is 5.98. The molecule has 2 heterocycles. The lowest BCUT2D eigenvalue weighted by Gasteiger charge is -2.48. The van der Waals surface area contributed by atoms with E-state index in [0.29, 0.717) is 32.1 Å². The van der Waals surface area contributed by atoms with Gasteiger partial charge in [-0.2, -0.15) is 13.2 Å². The number of piperidine rings is 1. The molecule has 7 heteroatoms. The lowest BCUT2D eigenvalue weighted by atomic mass is 9.80. The quantitative estimate of drug-likeness (QED) is 0.543. The summed E-state index contributed by atoms with van der Waals surface area (Å²) in [7, 11) is 0. The van der Waals surface area contributed by atoms with Gasteiger partial charge in [-0.05, 0) is 36.6 Å². The molecule has 2 fully saturated rings. The van der Waals surface area contributed by atoms with E-state index in [1.165, 1.54) is 5.56 Å². The molecule has 2 bridgehead atoms. The molecule has 0 saturated carbocycles. The van der Waals surface area contributed by atoms with Crippen molar-refractivity contribution in [2.75, 3.05) is 13.2 Å². The fraction of sp³-hybridized carbons (Fsp3) is 0.409. The fourth-order valence-electron chi connectivity index (χ4n) is 4.37. The van der Waals surface area contributed by atoms with E-state index in [4.69, 9.17) is 4.74 Å². The van der Waals surface area contributed by atoms with Gasteiger partial charge in [-0.25, -0.2) is 4.39 Å². The molecule has 2 aromatic rings. The molecule has 2 aliphatic heterocycles. The lowest BCUT2D eigenvalue weighted by Crippen LogP contribution is -2.57. The van der Waals surface area contributed by atoms with Crippen LogP contribution >= 0.6 is 0 Å². The van der Waals surface area contributed by atoms with E-state index in [2.05, 4.69) is 4.90 Å². The Bertz CT molecular complexity index is 870. The Kier molecular flexibility index (Phi) is 5.44. The van der Waals surface area contributed by atoms with E-state index in [-0.39, 0.29) is 17.6 Å². The molecule has 0 amide bonds. The van der Waals surface area contributed by atoms with Crippen LogP contribution < -0.4 is 0 Å². The number of carbonyl (C=O) groups is 1. The van der Waals surface area contributed by atoms with E-state index in [9.17, 15) is 22.4 Å². The molecular weight excluding hydrogens is 386 g/mol. The number of hydrogen-bond donors (Lipinski definition) is 0. The van der Waals surface area contributed by atoms with Gasteiger partial charge < -0.3 is 4.74 Å². The summed E-state index contributed by atoms with van der Waals surface area (Å²) in [6, 6.07) is 12.2. The molecule has 0 radical (unpaired) electrons. The van der Waals surface area contributed by atoms with Crippen LogP contribution in [0.25, 0.3) is 0 Å². The number of benzene rings is 2. The maximum Gasteiger partial charge on any atom is 0.416 e. The predicted molar refractivity (Wildman–Crippen MR) is 98.8 cm³/mol. The van der Waals surface area contributed by atoms with Gasteiger partial charge in [-0.1, -0.05) is 30.3 Å². The van der Waals surface area contributed by atoms with Gasteiger partial charge in [0.25, 0.3) is 0 Å². The second kappa shape index (κ2) is 7.88. The summed E-state index contributed by atoms with van der Waals surface area (Å²) in [6.45, 7) is 1.72. The molecule has 29 heavy (non-hydrogen) atoms. The highest BCUT2D eigenvalue weighted by Crippen LogP contribution is 2.36. The summed E-state index contributed by atoms with van der Waals surface area (Å²) in [6.07, 6.45) is -3.63. The number of fused-ring (bicyclic) bond motifs is 2. The van der Waals surface area contributed by atoms with Gasteiger partial charge in [-0.15, -0.1) is 0 Å². The third-order valence-electron chi connectivity index (χ3n) is 5.81. The van der Waals surface area contributed by atoms with Crippen molar-refractivity contribution in [1.29, 1.82) is 0 Å². The van der Waals surface area contributed by atoms with Crippen LogP contribution in [0.5, 0.6) is 0 Å². The van der Waals surface area contributed by atoms with Crippen LogP contribution in [0.2, 0.25) is 0 Å². The fourth-order valence-corrected chi connectivity index (χ4v) is 4.37. The minimum absolute atomic E-state index is 0.0224. The number of morpholine rings is 1. The third-order valence-corrected chi connectivity index (χ3v) is 5.81. The molecule has 0 aliphatic carbocycles. The van der Waals surface area contributed by atoms with Crippen molar-refractivity contribution in [3.8, 4) is 0 Å². The summed E-state index contributed by atoms with van der Waals surface area (Å²) in [5.74, 6) is -1.96. The average molecular weight is 407 g/mol. The topological polar surface area (TPSA) is 29.5 Å². The molecule has 4 rings (SSSR count). The van der Waals surface area contributed by atoms with Crippen LogP contribution in [0.4, 0.5) is 17.6 Å². The first-order valence-corrected chi connectivity index (χ1v) is 9.61. The Hall–Kier alpha value is -2.25. The Balaban J connectivity index is 1.51. The van der Waals surface area contributed by atoms with E-state index < -0.39 is 29.3 Å². The lowest BCUT2D eigenvalue weighted by molar-refractivity contribution is -0.137. The number of carbonyl (C=O) groups excluding carboxylic acids is 1. The van der Waals surface area contributed by atoms with Crippen molar-refractivity contribution in [2.24, 2.45) is 5.92 Å². The molecule has 0 spiro atoms. The molecule has 2 aliphatic rings. The van der Waals surface area contributed by atoms with Crippen molar-refractivity contribution in [3.63, 3.8) is 0 Å². The van der Waals surface area contributed by atoms with Crippen LogP contribution in [-0.2, 0) is 17.5 Å². The van der Waals surface area contributed by atoms with Gasteiger partial charge in [0.05, 0.1) is 24.3 Å². The van der Waals surface area contributed by atoms with E-state index >= 15 is 0 Å². The van der Waals surface area contributed by atoms with Gasteiger partial charge >= 0.3 is 6.18 Å². The molecule has 2 aromatic carbocycles. The Morgan fingerprint density at radius 2 is 1.69 bits per heavy atom. The zero-order valence-electron chi connectivity index (χ0n) is 15.7. The largest absolute Gasteiger partial charge is 0.416 e. The number of hydrogen-bond acceptors (Lipinski definition) is 3. The van der Waals surface area contributed by atoms with Crippen molar-refractivity contribution in [1.82, 2.24) is 4.90 Å². The SMILES string of the molecule is O=C(c1ccc(C(F)(F)F)cc1F)C1CC2COCC(C1)N2Cc1ccccc1. The van der Waals surface area contributed by atoms with E-state index in [0.717, 1.165) is 18.7 Å². The van der Waals surface area contributed by atoms with Gasteiger partial charge in [0.2, 0.25) is 0 Å². The Labute approximate surface area is 166 Å². The summed E-state index contributed by atoms with van der Waals surface area (Å²) >= 11 is 0. The summed E-state index contributed by atoms with van der Waals surface area (Å²) < 4.78 is 58.2. The van der Waals surface area contributed by atoms with Crippen molar-refractivity contribution in [2.45, 2.75) is 37.6 Å². The van der Waals surface area contributed by atoms with Crippen molar-refractivity contribution >= 4 is 5.78 Å². The van der Waals surface area contributed by atoms with Gasteiger partial charge in [0, 0.05) is 24.5 Å². The van der Waals surface area contributed by atoms with Crippen molar-refractivity contribution in [3.05, 3.63) is 71.0 Å². The second-order valence-electron chi connectivity index (χ2n) is 7.73. The van der Waals surface area contributed by atoms with Gasteiger partial charge in [0.1, 0.15) is 5.82 Å². The molecule has 154 valence electrons. The Morgan fingerprint density at radius 1 is 1.03 bits per heavy atom. The number of Topliss-reactive ketones (excluding diaryl/α,β-unsaturated/α-hetero) is 1. The number of rotatable bonds is 4. The van der Waals surface area contributed by atoms with E-state index in [1.54, 1.807) is 0 Å². The first kappa shape index (κ1) is 20.0. The van der Waals surface area contributed by atoms with Crippen LogP contribution in [0.1, 0.15) is 34.3 Å². The predicted octanol–water partition coefficient (Wildman–Crippen LogP) is 4.71. The van der Waals surface area contributed by atoms with Crippen molar-refractivity contribution < 1.29 is 27.1 Å². The number of ketones is 1. The van der Waals surface area contributed by atoms with E-state index in [1.807, 2.05) is 30.3 Å². The monoisotopic (exact) mass is 407 g/mol. The normalized spacial score (nSPS) is 25.0. The first-order chi connectivity index (χ1) is 13.8. The summed E-state index contributed by atoms with van der Waals surface area (Å²) in [5.41, 5.74) is -0.184. The molecule has 0 N–H and O–H groups in total. The standard InChI is InChI=1S/C22H21F4NO2/c23-20-10-16(22(24,25)26)6-7-19(20)21(28)15-8-17-12-29-13-18(9-15)27(17)11-14-4-2-1-3-5-14/h1-7,10,15,17-18H,8-9,11-13H2. The smallest absolute Gasteiger partial charge is 0.378 e. The minimum Gasteiger partial charge on any atom is -0.378 e. The maximum absolute atomic E-state index is 14.3. The summed E-state index contributed by atoms with van der Waals surface area (Å²) in [4.78, 5) is 15.2. The van der Waals surface area contributed by atoms with Gasteiger partial charge in [-0.3, -0.25) is 9.69 Å². The maximum atomic E-state index is 14.3. The molecule has 2 saturated heterocycles. The number of ether oxygens (including phenoxy) is 1.